The maximum atomic E-state index is 11.6. The fraction of sp³-hybridized carbons (Fsp3) is 1.00. The van der Waals surface area contributed by atoms with E-state index >= 15 is 0 Å². The molecule has 2 atom stereocenters. The van der Waals surface area contributed by atoms with Crippen molar-refractivity contribution in [2.75, 3.05) is 31.1 Å². The van der Waals surface area contributed by atoms with Crippen molar-refractivity contribution in [3.63, 3.8) is 0 Å². The lowest BCUT2D eigenvalue weighted by molar-refractivity contribution is -0.0175. The fourth-order valence-corrected chi connectivity index (χ4v) is 5.76. The van der Waals surface area contributed by atoms with Crippen LogP contribution >= 0.6 is 0 Å². The standard InChI is InChI=1S/C15H28N2O2S/c1-2-13-11-16-8-4-3-5-15(16)12-17(13)14-6-9-20(18,19)10-7-14/h13-15H,2-12H2,1H3. The molecule has 3 saturated heterocycles. The van der Waals surface area contributed by atoms with E-state index in [1.807, 2.05) is 0 Å². The van der Waals surface area contributed by atoms with Gasteiger partial charge >= 0.3 is 0 Å². The Bertz CT molecular complexity index is 423. The number of hydrogen-bond donors (Lipinski definition) is 0. The first kappa shape index (κ1) is 14.8. The minimum absolute atomic E-state index is 0.402. The van der Waals surface area contributed by atoms with Gasteiger partial charge in [-0.25, -0.2) is 8.42 Å². The van der Waals surface area contributed by atoms with E-state index in [2.05, 4.69) is 16.7 Å². The number of piperidine rings is 1. The van der Waals surface area contributed by atoms with Crippen LogP contribution in [0.15, 0.2) is 0 Å². The average Bonchev–Trinajstić information content (AvgIpc) is 2.46. The van der Waals surface area contributed by atoms with Crippen molar-refractivity contribution < 1.29 is 8.42 Å². The van der Waals surface area contributed by atoms with Crippen LogP contribution in [0.25, 0.3) is 0 Å². The zero-order valence-corrected chi connectivity index (χ0v) is 13.4. The van der Waals surface area contributed by atoms with E-state index in [-0.39, 0.29) is 0 Å². The van der Waals surface area contributed by atoms with Gasteiger partial charge in [0.15, 0.2) is 0 Å². The highest BCUT2D eigenvalue weighted by Crippen LogP contribution is 2.29. The topological polar surface area (TPSA) is 40.6 Å². The van der Waals surface area contributed by atoms with Crippen molar-refractivity contribution >= 4 is 9.84 Å². The van der Waals surface area contributed by atoms with Gasteiger partial charge in [-0.15, -0.1) is 0 Å². The van der Waals surface area contributed by atoms with Crippen LogP contribution in [0.1, 0.15) is 45.4 Å². The smallest absolute Gasteiger partial charge is 0.150 e. The van der Waals surface area contributed by atoms with E-state index in [1.165, 1.54) is 45.3 Å². The van der Waals surface area contributed by atoms with Crippen LogP contribution in [-0.4, -0.2) is 67.5 Å². The summed E-state index contributed by atoms with van der Waals surface area (Å²) in [7, 11) is -2.74. The summed E-state index contributed by atoms with van der Waals surface area (Å²) >= 11 is 0. The lowest BCUT2D eigenvalue weighted by Gasteiger charge is -2.51. The van der Waals surface area contributed by atoms with Gasteiger partial charge in [-0.2, -0.15) is 0 Å². The molecular formula is C15H28N2O2S. The molecule has 3 heterocycles. The number of piperazine rings is 1. The lowest BCUT2D eigenvalue weighted by atomic mass is 9.93. The van der Waals surface area contributed by atoms with Gasteiger partial charge in [-0.05, 0) is 38.6 Å². The van der Waals surface area contributed by atoms with Gasteiger partial charge in [-0.3, -0.25) is 9.80 Å². The molecule has 0 N–H and O–H groups in total. The van der Waals surface area contributed by atoms with E-state index in [9.17, 15) is 8.42 Å². The molecule has 116 valence electrons. The molecule has 20 heavy (non-hydrogen) atoms. The zero-order valence-electron chi connectivity index (χ0n) is 12.6. The van der Waals surface area contributed by atoms with Gasteiger partial charge in [0.2, 0.25) is 0 Å². The third-order valence-corrected chi connectivity index (χ3v) is 7.26. The molecule has 0 aromatic rings. The van der Waals surface area contributed by atoms with Crippen LogP contribution in [0.2, 0.25) is 0 Å². The molecule has 3 fully saturated rings. The first-order valence-electron chi connectivity index (χ1n) is 8.29. The first-order chi connectivity index (χ1) is 9.59. The monoisotopic (exact) mass is 300 g/mol. The van der Waals surface area contributed by atoms with E-state index in [1.54, 1.807) is 0 Å². The Kier molecular flexibility index (Phi) is 4.39. The van der Waals surface area contributed by atoms with Crippen LogP contribution in [-0.2, 0) is 9.84 Å². The average molecular weight is 300 g/mol. The summed E-state index contributed by atoms with van der Waals surface area (Å²) in [5.41, 5.74) is 0. The molecule has 0 amide bonds. The highest BCUT2D eigenvalue weighted by Gasteiger charge is 2.38. The Morgan fingerprint density at radius 2 is 1.75 bits per heavy atom. The lowest BCUT2D eigenvalue weighted by Crippen LogP contribution is -2.62. The van der Waals surface area contributed by atoms with Gasteiger partial charge in [0.1, 0.15) is 9.84 Å². The van der Waals surface area contributed by atoms with Gasteiger partial charge in [-0.1, -0.05) is 13.3 Å². The molecule has 0 radical (unpaired) electrons. The highest BCUT2D eigenvalue weighted by atomic mass is 32.2. The number of nitrogens with zero attached hydrogens (tertiary/aromatic N) is 2. The molecule has 4 nitrogen and oxygen atoms in total. The normalized spacial score (nSPS) is 36.6. The quantitative estimate of drug-likeness (QED) is 0.775. The summed E-state index contributed by atoms with van der Waals surface area (Å²) < 4.78 is 23.3. The summed E-state index contributed by atoms with van der Waals surface area (Å²) in [4.78, 5) is 5.36. The number of sulfone groups is 1. The Balaban J connectivity index is 1.68. The molecule has 0 saturated carbocycles. The van der Waals surface area contributed by atoms with Crippen molar-refractivity contribution in [2.24, 2.45) is 0 Å². The molecule has 3 aliphatic heterocycles. The molecule has 2 unspecified atom stereocenters. The van der Waals surface area contributed by atoms with E-state index < -0.39 is 9.84 Å². The number of hydrogen-bond acceptors (Lipinski definition) is 4. The predicted octanol–water partition coefficient (Wildman–Crippen LogP) is 1.51. The predicted molar refractivity (Wildman–Crippen MR) is 81.7 cm³/mol. The second-order valence-corrected chi connectivity index (χ2v) is 9.09. The third-order valence-electron chi connectivity index (χ3n) is 5.55. The fourth-order valence-electron chi connectivity index (χ4n) is 4.30. The van der Waals surface area contributed by atoms with Crippen LogP contribution in [0.5, 0.6) is 0 Å². The van der Waals surface area contributed by atoms with E-state index in [4.69, 9.17) is 0 Å². The van der Waals surface area contributed by atoms with Crippen molar-refractivity contribution in [3.8, 4) is 0 Å². The molecular weight excluding hydrogens is 272 g/mol. The largest absolute Gasteiger partial charge is 0.298 e. The summed E-state index contributed by atoms with van der Waals surface area (Å²) in [5, 5.41) is 0. The Morgan fingerprint density at radius 1 is 1.00 bits per heavy atom. The third kappa shape index (κ3) is 3.04. The summed E-state index contributed by atoms with van der Waals surface area (Å²) in [6, 6.07) is 1.87. The van der Waals surface area contributed by atoms with Crippen molar-refractivity contribution in [3.05, 3.63) is 0 Å². The van der Waals surface area contributed by atoms with Crippen LogP contribution in [0, 0.1) is 0 Å². The minimum atomic E-state index is -2.74. The van der Waals surface area contributed by atoms with E-state index in [0.717, 1.165) is 18.9 Å². The maximum absolute atomic E-state index is 11.6. The van der Waals surface area contributed by atoms with Crippen LogP contribution in [0.3, 0.4) is 0 Å². The highest BCUT2D eigenvalue weighted by molar-refractivity contribution is 7.91. The summed E-state index contributed by atoms with van der Waals surface area (Å²) in [6.45, 7) is 5.92. The Labute approximate surface area is 123 Å². The van der Waals surface area contributed by atoms with Gasteiger partial charge < -0.3 is 0 Å². The van der Waals surface area contributed by atoms with Crippen molar-refractivity contribution in [1.82, 2.24) is 9.80 Å². The summed E-state index contributed by atoms with van der Waals surface area (Å²) in [5.74, 6) is 0.804. The molecule has 3 rings (SSSR count). The molecule has 5 heteroatoms. The molecule has 0 bridgehead atoms. The summed E-state index contributed by atoms with van der Waals surface area (Å²) in [6.07, 6.45) is 6.95. The van der Waals surface area contributed by atoms with Crippen molar-refractivity contribution in [1.29, 1.82) is 0 Å². The van der Waals surface area contributed by atoms with Gasteiger partial charge in [0.25, 0.3) is 0 Å². The first-order valence-corrected chi connectivity index (χ1v) is 10.1. The number of fused-ring (bicyclic) bond motifs is 1. The maximum Gasteiger partial charge on any atom is 0.150 e. The van der Waals surface area contributed by atoms with Gasteiger partial charge in [0, 0.05) is 31.2 Å². The Morgan fingerprint density at radius 3 is 2.45 bits per heavy atom. The Hall–Kier alpha value is -0.130. The zero-order chi connectivity index (χ0) is 14.2. The second-order valence-electron chi connectivity index (χ2n) is 6.79. The number of rotatable bonds is 2. The minimum Gasteiger partial charge on any atom is -0.298 e. The van der Waals surface area contributed by atoms with Gasteiger partial charge in [0.05, 0.1) is 11.5 Å². The SMILES string of the molecule is CCC1CN2CCCCC2CN1C1CCS(=O)(=O)CC1. The molecule has 0 spiro atoms. The van der Waals surface area contributed by atoms with Crippen LogP contribution in [0.4, 0.5) is 0 Å². The molecule has 0 aromatic carbocycles. The van der Waals surface area contributed by atoms with Crippen LogP contribution < -0.4 is 0 Å². The second kappa shape index (κ2) is 5.93. The van der Waals surface area contributed by atoms with Crippen molar-refractivity contribution in [2.45, 2.75) is 63.6 Å². The molecule has 3 aliphatic rings. The molecule has 0 aromatic heterocycles. The molecule has 0 aliphatic carbocycles. The van der Waals surface area contributed by atoms with E-state index in [0.29, 0.717) is 23.6 Å².